The number of carbonyl (C=O) groups is 1. The van der Waals surface area contributed by atoms with Gasteiger partial charge in [0.15, 0.2) is 12.4 Å². The van der Waals surface area contributed by atoms with Crippen LogP contribution in [0.2, 0.25) is 5.02 Å². The molecular formula is C24H14ClNO4S. The second-order valence-electron chi connectivity index (χ2n) is 6.85. The van der Waals surface area contributed by atoms with Crippen molar-refractivity contribution in [3.63, 3.8) is 0 Å². The molecule has 152 valence electrons. The number of ether oxygens (including phenoxy) is 1. The molecule has 2 heterocycles. The van der Waals surface area contributed by atoms with Gasteiger partial charge in [-0.05, 0) is 54.6 Å². The first-order valence-electron chi connectivity index (χ1n) is 9.42. The lowest BCUT2D eigenvalue weighted by atomic mass is 10.1. The Balaban J connectivity index is 1.40. The molecule has 2 aromatic heterocycles. The predicted octanol–water partition coefficient (Wildman–Crippen LogP) is 5.98. The number of nitrogens with zero attached hydrogens (tertiary/aromatic N) is 1. The molecule has 0 aliphatic heterocycles. The third kappa shape index (κ3) is 3.95. The number of thiazole rings is 1. The van der Waals surface area contributed by atoms with Gasteiger partial charge in [0.1, 0.15) is 16.3 Å². The zero-order valence-corrected chi connectivity index (χ0v) is 17.6. The monoisotopic (exact) mass is 447 g/mol. The molecule has 5 aromatic rings. The highest BCUT2D eigenvalue weighted by Crippen LogP contribution is 2.30. The Labute approximate surface area is 185 Å². The molecule has 0 aliphatic carbocycles. The smallest absolute Gasteiger partial charge is 0.346 e. The first kappa shape index (κ1) is 19.5. The summed E-state index contributed by atoms with van der Waals surface area (Å²) in [7, 11) is 0. The Morgan fingerprint density at radius 1 is 1.03 bits per heavy atom. The van der Waals surface area contributed by atoms with Gasteiger partial charge in [0, 0.05) is 22.0 Å². The number of ketones is 1. The molecule has 0 N–H and O–H groups in total. The van der Waals surface area contributed by atoms with Gasteiger partial charge >= 0.3 is 5.63 Å². The van der Waals surface area contributed by atoms with Gasteiger partial charge in [0.05, 0.1) is 15.8 Å². The van der Waals surface area contributed by atoms with Gasteiger partial charge in [-0.1, -0.05) is 23.7 Å². The van der Waals surface area contributed by atoms with Gasteiger partial charge in [-0.15, -0.1) is 11.3 Å². The summed E-state index contributed by atoms with van der Waals surface area (Å²) < 4.78 is 12.1. The van der Waals surface area contributed by atoms with E-state index in [0.29, 0.717) is 32.5 Å². The fourth-order valence-corrected chi connectivity index (χ4v) is 4.28. The first-order valence-corrected chi connectivity index (χ1v) is 10.6. The van der Waals surface area contributed by atoms with Gasteiger partial charge in [-0.3, -0.25) is 4.79 Å². The summed E-state index contributed by atoms with van der Waals surface area (Å²) in [6, 6.07) is 21.2. The van der Waals surface area contributed by atoms with Gasteiger partial charge in [0.25, 0.3) is 0 Å². The fraction of sp³-hybridized carbons (Fsp3) is 0.0417. The van der Waals surface area contributed by atoms with Crippen molar-refractivity contribution in [2.45, 2.75) is 0 Å². The van der Waals surface area contributed by atoms with Crippen LogP contribution >= 0.6 is 22.9 Å². The van der Waals surface area contributed by atoms with E-state index in [2.05, 4.69) is 4.98 Å². The molecule has 5 rings (SSSR count). The van der Waals surface area contributed by atoms with Crippen molar-refractivity contribution in [1.29, 1.82) is 0 Å². The van der Waals surface area contributed by atoms with Crippen LogP contribution in [0.15, 0.2) is 82.0 Å². The van der Waals surface area contributed by atoms with Crippen molar-refractivity contribution in [2.75, 3.05) is 6.61 Å². The molecular weight excluding hydrogens is 434 g/mol. The summed E-state index contributed by atoms with van der Waals surface area (Å²) in [4.78, 5) is 29.4. The van der Waals surface area contributed by atoms with E-state index in [1.54, 1.807) is 48.5 Å². The van der Waals surface area contributed by atoms with Crippen LogP contribution in [-0.4, -0.2) is 17.4 Å². The van der Waals surface area contributed by atoms with Crippen LogP contribution in [0.5, 0.6) is 5.75 Å². The Morgan fingerprint density at radius 2 is 1.84 bits per heavy atom. The minimum absolute atomic E-state index is 0.138. The number of aromatic nitrogens is 1. The summed E-state index contributed by atoms with van der Waals surface area (Å²) in [6.45, 7) is -0.138. The fourth-order valence-electron chi connectivity index (χ4n) is 3.19. The molecule has 0 amide bonds. The summed E-state index contributed by atoms with van der Waals surface area (Å²) in [5.41, 5.74) is 1.68. The molecule has 7 heteroatoms. The Kier molecular flexibility index (Phi) is 5.02. The van der Waals surface area contributed by atoms with Gasteiger partial charge < -0.3 is 9.15 Å². The summed E-state index contributed by atoms with van der Waals surface area (Å²) in [5.74, 6) is 0.259. The maximum Gasteiger partial charge on any atom is 0.346 e. The van der Waals surface area contributed by atoms with Gasteiger partial charge in [0.2, 0.25) is 0 Å². The molecule has 0 atom stereocenters. The second kappa shape index (κ2) is 7.98. The molecule has 0 bridgehead atoms. The molecule has 31 heavy (non-hydrogen) atoms. The highest BCUT2D eigenvalue weighted by molar-refractivity contribution is 7.21. The standard InChI is InChI=1S/C24H14ClNO4S/c25-16-8-5-14(6-9-16)20(27)13-29-17-10-7-15-11-18(24(28)30-21(15)12-17)23-26-19-3-1-2-4-22(19)31-23/h1-12H,13H2. The number of hydrogen-bond donors (Lipinski definition) is 0. The van der Waals surface area contributed by atoms with Crippen molar-refractivity contribution in [2.24, 2.45) is 0 Å². The number of fused-ring (bicyclic) bond motifs is 2. The zero-order valence-electron chi connectivity index (χ0n) is 16.0. The van der Waals surface area contributed by atoms with Crippen molar-refractivity contribution in [3.8, 4) is 16.3 Å². The van der Waals surface area contributed by atoms with Crippen LogP contribution < -0.4 is 10.4 Å². The number of halogens is 1. The normalized spacial score (nSPS) is 11.1. The second-order valence-corrected chi connectivity index (χ2v) is 8.32. The highest BCUT2D eigenvalue weighted by Gasteiger charge is 2.14. The number of Topliss-reactive ketones (excluding diaryl/α,β-unsaturated/α-hetero) is 1. The van der Waals surface area contributed by atoms with Gasteiger partial charge in [-0.2, -0.15) is 0 Å². The molecule has 0 radical (unpaired) electrons. The molecule has 0 saturated carbocycles. The topological polar surface area (TPSA) is 69.4 Å². The van der Waals surface area contributed by atoms with E-state index in [4.69, 9.17) is 20.8 Å². The SMILES string of the molecule is O=C(COc1ccc2cc(-c3nc4ccccc4s3)c(=O)oc2c1)c1ccc(Cl)cc1. The lowest BCUT2D eigenvalue weighted by Crippen LogP contribution is -2.11. The van der Waals surface area contributed by atoms with Crippen LogP contribution in [0.1, 0.15) is 10.4 Å². The Hall–Kier alpha value is -3.48. The van der Waals surface area contributed by atoms with E-state index in [1.165, 1.54) is 11.3 Å². The van der Waals surface area contributed by atoms with Crippen LogP contribution in [0.25, 0.3) is 31.8 Å². The number of rotatable bonds is 5. The molecule has 3 aromatic carbocycles. The maximum absolute atomic E-state index is 12.6. The summed E-state index contributed by atoms with van der Waals surface area (Å²) in [6.07, 6.45) is 0. The molecule has 0 aliphatic rings. The molecule has 0 spiro atoms. The minimum Gasteiger partial charge on any atom is -0.485 e. The Morgan fingerprint density at radius 3 is 2.65 bits per heavy atom. The third-order valence-corrected chi connectivity index (χ3v) is 6.09. The third-order valence-electron chi connectivity index (χ3n) is 4.77. The van der Waals surface area contributed by atoms with Crippen LogP contribution in [0.3, 0.4) is 0 Å². The number of hydrogen-bond acceptors (Lipinski definition) is 6. The number of para-hydroxylation sites is 1. The van der Waals surface area contributed by atoms with E-state index in [0.717, 1.165) is 15.6 Å². The highest BCUT2D eigenvalue weighted by atomic mass is 35.5. The van der Waals surface area contributed by atoms with E-state index in [-0.39, 0.29) is 12.4 Å². The zero-order chi connectivity index (χ0) is 21.4. The predicted molar refractivity (Wildman–Crippen MR) is 122 cm³/mol. The van der Waals surface area contributed by atoms with Crippen molar-refractivity contribution < 1.29 is 13.9 Å². The van der Waals surface area contributed by atoms with Crippen molar-refractivity contribution >= 4 is 49.9 Å². The van der Waals surface area contributed by atoms with Crippen LogP contribution in [-0.2, 0) is 0 Å². The molecule has 0 unspecified atom stereocenters. The first-order chi connectivity index (χ1) is 15.1. The Bertz CT molecular complexity index is 1450. The van der Waals surface area contributed by atoms with E-state index >= 15 is 0 Å². The average Bonchev–Trinajstić information content (AvgIpc) is 3.21. The van der Waals surface area contributed by atoms with Crippen molar-refractivity contribution in [1.82, 2.24) is 4.98 Å². The molecule has 0 saturated heterocycles. The van der Waals surface area contributed by atoms with Gasteiger partial charge in [-0.25, -0.2) is 9.78 Å². The number of benzene rings is 3. The van der Waals surface area contributed by atoms with E-state index < -0.39 is 5.63 Å². The largest absolute Gasteiger partial charge is 0.485 e. The maximum atomic E-state index is 12.6. The van der Waals surface area contributed by atoms with Crippen molar-refractivity contribution in [3.05, 3.63) is 93.8 Å². The van der Waals surface area contributed by atoms with Crippen LogP contribution in [0.4, 0.5) is 0 Å². The molecule has 0 fully saturated rings. The van der Waals surface area contributed by atoms with Crippen LogP contribution in [0, 0.1) is 0 Å². The van der Waals surface area contributed by atoms with E-state index in [9.17, 15) is 9.59 Å². The quantitative estimate of drug-likeness (QED) is 0.244. The molecule has 5 nitrogen and oxygen atoms in total. The number of carbonyl (C=O) groups excluding carboxylic acids is 1. The van der Waals surface area contributed by atoms with E-state index in [1.807, 2.05) is 24.3 Å². The summed E-state index contributed by atoms with van der Waals surface area (Å²) in [5, 5.41) is 1.92. The lowest BCUT2D eigenvalue weighted by molar-refractivity contribution is 0.0921. The lowest BCUT2D eigenvalue weighted by Gasteiger charge is -2.07. The average molecular weight is 448 g/mol. The summed E-state index contributed by atoms with van der Waals surface area (Å²) >= 11 is 7.29. The minimum atomic E-state index is -0.471.